The molecule has 1 aromatic carbocycles. The summed E-state index contributed by atoms with van der Waals surface area (Å²) in [7, 11) is 2.05. The van der Waals surface area contributed by atoms with Crippen LogP contribution in [0.15, 0.2) is 24.3 Å². The van der Waals surface area contributed by atoms with E-state index in [0.29, 0.717) is 12.8 Å². The summed E-state index contributed by atoms with van der Waals surface area (Å²) in [6, 6.07) is 8.15. The van der Waals surface area contributed by atoms with E-state index >= 15 is 0 Å². The minimum Gasteiger partial charge on any atom is -0.347 e. The molecule has 22 heavy (non-hydrogen) atoms. The van der Waals surface area contributed by atoms with Crippen molar-refractivity contribution in [2.45, 2.75) is 19.8 Å². The van der Waals surface area contributed by atoms with E-state index in [9.17, 15) is 9.59 Å². The van der Waals surface area contributed by atoms with E-state index in [1.807, 2.05) is 30.0 Å². The maximum atomic E-state index is 12.0. The van der Waals surface area contributed by atoms with Crippen molar-refractivity contribution in [2.75, 3.05) is 39.8 Å². The Morgan fingerprint density at radius 3 is 2.59 bits per heavy atom. The normalized spacial score (nSPS) is 15.6. The first-order valence-electron chi connectivity index (χ1n) is 7.83. The molecule has 0 radical (unpaired) electrons. The van der Waals surface area contributed by atoms with Crippen molar-refractivity contribution in [3.05, 3.63) is 35.4 Å². The molecule has 5 heteroatoms. The van der Waals surface area contributed by atoms with Crippen LogP contribution in [0.5, 0.6) is 0 Å². The molecule has 1 aromatic rings. The van der Waals surface area contributed by atoms with Gasteiger partial charge in [-0.25, -0.2) is 0 Å². The molecule has 120 valence electrons. The van der Waals surface area contributed by atoms with E-state index in [1.165, 1.54) is 5.56 Å². The molecule has 0 aromatic heterocycles. The molecule has 1 aliphatic heterocycles. The molecule has 0 spiro atoms. The number of benzene rings is 1. The lowest BCUT2D eigenvalue weighted by Gasteiger charge is -2.32. The molecule has 2 amide bonds. The van der Waals surface area contributed by atoms with E-state index in [-0.39, 0.29) is 18.4 Å². The van der Waals surface area contributed by atoms with Crippen LogP contribution in [-0.2, 0) is 16.0 Å². The van der Waals surface area contributed by atoms with Gasteiger partial charge in [0, 0.05) is 32.6 Å². The summed E-state index contributed by atoms with van der Waals surface area (Å²) < 4.78 is 0. The van der Waals surface area contributed by atoms with Gasteiger partial charge in [0.2, 0.25) is 11.8 Å². The summed E-state index contributed by atoms with van der Waals surface area (Å²) in [6.45, 7) is 5.43. The highest BCUT2D eigenvalue weighted by Gasteiger charge is 2.19. The van der Waals surface area contributed by atoms with Crippen LogP contribution in [0, 0.1) is 6.92 Å². The predicted octanol–water partition coefficient (Wildman–Crippen LogP) is 0.818. The first-order valence-corrected chi connectivity index (χ1v) is 7.83. The van der Waals surface area contributed by atoms with Crippen LogP contribution in [0.4, 0.5) is 0 Å². The maximum Gasteiger partial charge on any atom is 0.242 e. The summed E-state index contributed by atoms with van der Waals surface area (Å²) in [5.41, 5.74) is 2.35. The molecule has 1 heterocycles. The molecule has 2 rings (SSSR count). The Morgan fingerprint density at radius 2 is 1.91 bits per heavy atom. The van der Waals surface area contributed by atoms with Crippen molar-refractivity contribution < 1.29 is 9.59 Å². The SMILES string of the molecule is Cc1cccc(CCC(=O)NCC(=O)N2CCN(C)CC2)c1. The van der Waals surface area contributed by atoms with Gasteiger partial charge in [-0.05, 0) is 26.0 Å². The Kier molecular flexibility index (Phi) is 5.95. The zero-order valence-electron chi connectivity index (χ0n) is 13.5. The summed E-state index contributed by atoms with van der Waals surface area (Å²) in [5, 5.41) is 2.73. The van der Waals surface area contributed by atoms with Gasteiger partial charge >= 0.3 is 0 Å². The van der Waals surface area contributed by atoms with Crippen LogP contribution in [0.2, 0.25) is 0 Å². The average molecular weight is 303 g/mol. The smallest absolute Gasteiger partial charge is 0.242 e. The molecule has 1 N–H and O–H groups in total. The van der Waals surface area contributed by atoms with Crippen molar-refractivity contribution in [3.8, 4) is 0 Å². The molecule has 0 aliphatic carbocycles. The number of aryl methyl sites for hydroxylation is 2. The molecular formula is C17H25N3O2. The van der Waals surface area contributed by atoms with Gasteiger partial charge in [-0.3, -0.25) is 9.59 Å². The second-order valence-electron chi connectivity index (χ2n) is 5.95. The maximum absolute atomic E-state index is 12.0. The zero-order valence-corrected chi connectivity index (χ0v) is 13.5. The Bertz CT molecular complexity index is 522. The van der Waals surface area contributed by atoms with Gasteiger partial charge in [-0.1, -0.05) is 29.8 Å². The van der Waals surface area contributed by atoms with Gasteiger partial charge in [-0.2, -0.15) is 0 Å². The number of carbonyl (C=O) groups is 2. The Hall–Kier alpha value is -1.88. The van der Waals surface area contributed by atoms with Crippen LogP contribution >= 0.6 is 0 Å². The number of amides is 2. The van der Waals surface area contributed by atoms with E-state index in [0.717, 1.165) is 31.7 Å². The number of nitrogens with one attached hydrogen (secondary N) is 1. The lowest BCUT2D eigenvalue weighted by Crippen LogP contribution is -2.50. The van der Waals surface area contributed by atoms with Gasteiger partial charge in [-0.15, -0.1) is 0 Å². The van der Waals surface area contributed by atoms with Crippen LogP contribution in [0.25, 0.3) is 0 Å². The molecular weight excluding hydrogens is 278 g/mol. The van der Waals surface area contributed by atoms with Gasteiger partial charge < -0.3 is 15.1 Å². The van der Waals surface area contributed by atoms with Crippen molar-refractivity contribution in [2.24, 2.45) is 0 Å². The quantitative estimate of drug-likeness (QED) is 0.876. The second-order valence-corrected chi connectivity index (χ2v) is 5.95. The van der Waals surface area contributed by atoms with Gasteiger partial charge in [0.25, 0.3) is 0 Å². The Labute approximate surface area is 132 Å². The molecule has 5 nitrogen and oxygen atoms in total. The fourth-order valence-electron chi connectivity index (χ4n) is 2.56. The number of rotatable bonds is 5. The minimum atomic E-state index is -0.0658. The molecule has 0 atom stereocenters. The second kappa shape index (κ2) is 7.94. The fraction of sp³-hybridized carbons (Fsp3) is 0.529. The van der Waals surface area contributed by atoms with E-state index in [4.69, 9.17) is 0 Å². The number of hydrogen-bond donors (Lipinski definition) is 1. The summed E-state index contributed by atoms with van der Waals surface area (Å²) in [4.78, 5) is 27.9. The highest BCUT2D eigenvalue weighted by atomic mass is 16.2. The topological polar surface area (TPSA) is 52.7 Å². The van der Waals surface area contributed by atoms with E-state index in [2.05, 4.69) is 23.3 Å². The number of piperazine rings is 1. The Balaban J connectivity index is 1.68. The molecule has 0 unspecified atom stereocenters. The van der Waals surface area contributed by atoms with Gasteiger partial charge in [0.1, 0.15) is 0 Å². The van der Waals surface area contributed by atoms with E-state index < -0.39 is 0 Å². The van der Waals surface area contributed by atoms with Crippen LogP contribution in [0.1, 0.15) is 17.5 Å². The molecule has 0 bridgehead atoms. The predicted molar refractivity (Wildman–Crippen MR) is 86.6 cm³/mol. The highest BCUT2D eigenvalue weighted by Crippen LogP contribution is 2.06. The molecule has 1 fully saturated rings. The number of likely N-dealkylation sites (N-methyl/N-ethyl adjacent to an activating group) is 1. The third kappa shape index (κ3) is 5.15. The zero-order chi connectivity index (χ0) is 15.9. The average Bonchev–Trinajstić information content (AvgIpc) is 2.51. The summed E-state index contributed by atoms with van der Waals surface area (Å²) in [6.07, 6.45) is 1.12. The lowest BCUT2D eigenvalue weighted by atomic mass is 10.1. The summed E-state index contributed by atoms with van der Waals surface area (Å²) in [5.74, 6) is -0.0546. The van der Waals surface area contributed by atoms with Crippen molar-refractivity contribution >= 4 is 11.8 Å². The first-order chi connectivity index (χ1) is 10.5. The Morgan fingerprint density at radius 1 is 1.18 bits per heavy atom. The lowest BCUT2D eigenvalue weighted by molar-refractivity contribution is -0.134. The summed E-state index contributed by atoms with van der Waals surface area (Å²) >= 11 is 0. The van der Waals surface area contributed by atoms with E-state index in [1.54, 1.807) is 0 Å². The van der Waals surface area contributed by atoms with Crippen LogP contribution < -0.4 is 5.32 Å². The number of hydrogen-bond acceptors (Lipinski definition) is 3. The molecule has 1 saturated heterocycles. The van der Waals surface area contributed by atoms with Crippen LogP contribution in [0.3, 0.4) is 0 Å². The molecule has 1 aliphatic rings. The minimum absolute atomic E-state index is 0.0111. The van der Waals surface area contributed by atoms with Crippen molar-refractivity contribution in [1.29, 1.82) is 0 Å². The van der Waals surface area contributed by atoms with Gasteiger partial charge in [0.15, 0.2) is 0 Å². The fourth-order valence-corrected chi connectivity index (χ4v) is 2.56. The van der Waals surface area contributed by atoms with Crippen LogP contribution in [-0.4, -0.2) is 61.4 Å². The molecule has 0 saturated carbocycles. The third-order valence-electron chi connectivity index (χ3n) is 4.02. The van der Waals surface area contributed by atoms with Gasteiger partial charge in [0.05, 0.1) is 6.54 Å². The number of carbonyl (C=O) groups excluding carboxylic acids is 2. The third-order valence-corrected chi connectivity index (χ3v) is 4.02. The number of nitrogens with zero attached hydrogens (tertiary/aromatic N) is 2. The standard InChI is InChI=1S/C17H25N3O2/c1-14-4-3-5-15(12-14)6-7-16(21)18-13-17(22)20-10-8-19(2)9-11-20/h3-5,12H,6-11,13H2,1-2H3,(H,18,21). The highest BCUT2D eigenvalue weighted by molar-refractivity contribution is 5.84. The largest absolute Gasteiger partial charge is 0.347 e. The van der Waals surface area contributed by atoms with Crippen molar-refractivity contribution in [3.63, 3.8) is 0 Å². The monoisotopic (exact) mass is 303 g/mol. The van der Waals surface area contributed by atoms with Crippen molar-refractivity contribution in [1.82, 2.24) is 15.1 Å². The first kappa shape index (κ1) is 16.5.